The molecule has 1 fully saturated rings. The highest BCUT2D eigenvalue weighted by Gasteiger charge is 2.36. The molecule has 2 rings (SSSR count). The van der Waals surface area contributed by atoms with Crippen LogP contribution in [-0.2, 0) is 4.74 Å². The molecule has 88 valence electrons. The fourth-order valence-electron chi connectivity index (χ4n) is 1.99. The first-order valence-corrected chi connectivity index (χ1v) is 5.98. The Labute approximate surface area is 101 Å². The lowest BCUT2D eigenvalue weighted by atomic mass is 10.00. The Morgan fingerprint density at radius 3 is 2.62 bits per heavy atom. The van der Waals surface area contributed by atoms with Crippen LogP contribution in [0.15, 0.2) is 18.2 Å². The van der Waals surface area contributed by atoms with Gasteiger partial charge in [0.2, 0.25) is 0 Å². The summed E-state index contributed by atoms with van der Waals surface area (Å²) in [5.41, 5.74) is 1.87. The van der Waals surface area contributed by atoms with Gasteiger partial charge in [-0.1, -0.05) is 23.7 Å². The molecule has 3 heteroatoms. The van der Waals surface area contributed by atoms with Gasteiger partial charge in [0.05, 0.1) is 6.10 Å². The molecule has 0 amide bonds. The van der Waals surface area contributed by atoms with E-state index < -0.39 is 6.10 Å². The first kappa shape index (κ1) is 11.9. The van der Waals surface area contributed by atoms with Crippen LogP contribution in [0.4, 0.5) is 0 Å². The van der Waals surface area contributed by atoms with Crippen molar-refractivity contribution in [3.63, 3.8) is 0 Å². The third-order valence-electron chi connectivity index (χ3n) is 3.21. The standard InChI is InChI=1S/C13H17ClO2/c1-8-3-4-10(7-11(8)14)12(15)13(16-2)9-5-6-9/h3-4,7,9,12-13,15H,5-6H2,1-2H3. The Kier molecular flexibility index (Phi) is 3.53. The Balaban J connectivity index is 2.18. The predicted octanol–water partition coefficient (Wildman–Crippen LogP) is 3.11. The van der Waals surface area contributed by atoms with Gasteiger partial charge in [0, 0.05) is 12.1 Å². The summed E-state index contributed by atoms with van der Waals surface area (Å²) in [4.78, 5) is 0. The van der Waals surface area contributed by atoms with Crippen molar-refractivity contribution in [1.82, 2.24) is 0 Å². The monoisotopic (exact) mass is 240 g/mol. The molecule has 2 atom stereocenters. The van der Waals surface area contributed by atoms with Crippen molar-refractivity contribution < 1.29 is 9.84 Å². The maximum absolute atomic E-state index is 10.2. The maximum Gasteiger partial charge on any atom is 0.105 e. The second-order valence-corrected chi connectivity index (χ2v) is 4.90. The zero-order chi connectivity index (χ0) is 11.7. The molecule has 2 unspecified atom stereocenters. The molecule has 1 aromatic carbocycles. The quantitative estimate of drug-likeness (QED) is 0.876. The fraction of sp³-hybridized carbons (Fsp3) is 0.538. The highest BCUT2D eigenvalue weighted by Crippen LogP contribution is 2.40. The van der Waals surface area contributed by atoms with Crippen LogP contribution in [0.25, 0.3) is 0 Å². The third-order valence-corrected chi connectivity index (χ3v) is 3.61. The van der Waals surface area contributed by atoms with Crippen LogP contribution in [0.3, 0.4) is 0 Å². The third kappa shape index (κ3) is 2.40. The van der Waals surface area contributed by atoms with E-state index in [4.69, 9.17) is 16.3 Å². The average molecular weight is 241 g/mol. The minimum absolute atomic E-state index is 0.0984. The minimum Gasteiger partial charge on any atom is -0.386 e. The predicted molar refractivity (Wildman–Crippen MR) is 64.7 cm³/mol. The highest BCUT2D eigenvalue weighted by molar-refractivity contribution is 6.31. The largest absolute Gasteiger partial charge is 0.386 e. The number of methoxy groups -OCH3 is 1. The van der Waals surface area contributed by atoms with Gasteiger partial charge in [-0.25, -0.2) is 0 Å². The number of aryl methyl sites for hydroxylation is 1. The molecule has 0 saturated heterocycles. The van der Waals surface area contributed by atoms with Crippen LogP contribution in [0, 0.1) is 12.8 Å². The summed E-state index contributed by atoms with van der Waals surface area (Å²) < 4.78 is 5.37. The van der Waals surface area contributed by atoms with Gasteiger partial charge in [-0.15, -0.1) is 0 Å². The van der Waals surface area contributed by atoms with Crippen LogP contribution in [-0.4, -0.2) is 18.3 Å². The van der Waals surface area contributed by atoms with Crippen molar-refractivity contribution in [2.45, 2.75) is 32.0 Å². The van der Waals surface area contributed by atoms with E-state index in [9.17, 15) is 5.11 Å². The molecule has 1 N–H and O–H groups in total. The molecule has 1 aliphatic rings. The number of rotatable bonds is 4. The Hall–Kier alpha value is -0.570. The molecule has 0 heterocycles. The lowest BCUT2D eigenvalue weighted by Crippen LogP contribution is -2.23. The molecule has 0 aliphatic heterocycles. The molecular formula is C13H17ClO2. The maximum atomic E-state index is 10.2. The molecule has 0 radical (unpaired) electrons. The number of aliphatic hydroxyl groups is 1. The summed E-state index contributed by atoms with van der Waals surface area (Å²) in [7, 11) is 1.65. The zero-order valence-electron chi connectivity index (χ0n) is 9.61. The number of hydrogen-bond donors (Lipinski definition) is 1. The first-order chi connectivity index (χ1) is 7.63. The van der Waals surface area contributed by atoms with Crippen LogP contribution in [0.2, 0.25) is 5.02 Å². The molecule has 0 spiro atoms. The summed E-state index contributed by atoms with van der Waals surface area (Å²) in [5, 5.41) is 10.9. The minimum atomic E-state index is -0.574. The van der Waals surface area contributed by atoms with Gasteiger partial charge in [0.1, 0.15) is 6.10 Å². The van der Waals surface area contributed by atoms with Crippen molar-refractivity contribution in [1.29, 1.82) is 0 Å². The molecule has 2 nitrogen and oxygen atoms in total. The summed E-state index contributed by atoms with van der Waals surface area (Å²) in [6.45, 7) is 1.95. The van der Waals surface area contributed by atoms with Crippen LogP contribution < -0.4 is 0 Å². The molecule has 1 aliphatic carbocycles. The van der Waals surface area contributed by atoms with E-state index in [1.807, 2.05) is 25.1 Å². The number of hydrogen-bond acceptors (Lipinski definition) is 2. The summed E-state index contributed by atoms with van der Waals surface area (Å²) in [6.07, 6.45) is 1.62. The van der Waals surface area contributed by atoms with Crippen molar-refractivity contribution in [3.8, 4) is 0 Å². The lowest BCUT2D eigenvalue weighted by molar-refractivity contribution is -0.0259. The van der Waals surface area contributed by atoms with Gasteiger partial charge < -0.3 is 9.84 Å². The second-order valence-electron chi connectivity index (χ2n) is 4.49. The first-order valence-electron chi connectivity index (χ1n) is 5.60. The van der Waals surface area contributed by atoms with E-state index in [0.29, 0.717) is 10.9 Å². The fourth-order valence-corrected chi connectivity index (χ4v) is 2.18. The van der Waals surface area contributed by atoms with Crippen molar-refractivity contribution in [2.24, 2.45) is 5.92 Å². The van der Waals surface area contributed by atoms with Gasteiger partial charge in [0.15, 0.2) is 0 Å². The van der Waals surface area contributed by atoms with Crippen LogP contribution >= 0.6 is 11.6 Å². The molecule has 0 aromatic heterocycles. The van der Waals surface area contributed by atoms with E-state index in [1.165, 1.54) is 0 Å². The van der Waals surface area contributed by atoms with Crippen molar-refractivity contribution in [3.05, 3.63) is 34.3 Å². The van der Waals surface area contributed by atoms with Gasteiger partial charge in [-0.05, 0) is 42.9 Å². The SMILES string of the molecule is COC(C1CC1)C(O)c1ccc(C)c(Cl)c1. The zero-order valence-corrected chi connectivity index (χ0v) is 10.4. The van der Waals surface area contributed by atoms with Gasteiger partial charge >= 0.3 is 0 Å². The highest BCUT2D eigenvalue weighted by atomic mass is 35.5. The molecular weight excluding hydrogens is 224 g/mol. The molecule has 0 bridgehead atoms. The normalized spacial score (nSPS) is 19.5. The second kappa shape index (κ2) is 4.74. The Morgan fingerprint density at radius 1 is 1.44 bits per heavy atom. The molecule has 16 heavy (non-hydrogen) atoms. The van der Waals surface area contributed by atoms with Crippen molar-refractivity contribution >= 4 is 11.6 Å². The molecule has 1 saturated carbocycles. The topological polar surface area (TPSA) is 29.5 Å². The van der Waals surface area contributed by atoms with E-state index in [1.54, 1.807) is 7.11 Å². The summed E-state index contributed by atoms with van der Waals surface area (Å²) in [5.74, 6) is 0.500. The van der Waals surface area contributed by atoms with Crippen molar-refractivity contribution in [2.75, 3.05) is 7.11 Å². The smallest absolute Gasteiger partial charge is 0.105 e. The van der Waals surface area contributed by atoms with Gasteiger partial charge in [-0.2, -0.15) is 0 Å². The van der Waals surface area contributed by atoms with E-state index in [2.05, 4.69) is 0 Å². The number of aliphatic hydroxyl groups excluding tert-OH is 1. The number of ether oxygens (including phenoxy) is 1. The van der Waals surface area contributed by atoms with Crippen LogP contribution in [0.5, 0.6) is 0 Å². The van der Waals surface area contributed by atoms with E-state index in [0.717, 1.165) is 24.0 Å². The van der Waals surface area contributed by atoms with Crippen LogP contribution in [0.1, 0.15) is 30.1 Å². The average Bonchev–Trinajstić information content (AvgIpc) is 3.07. The Bertz CT molecular complexity index is 374. The van der Waals surface area contributed by atoms with E-state index >= 15 is 0 Å². The molecule has 1 aromatic rings. The summed E-state index contributed by atoms with van der Waals surface area (Å²) in [6, 6.07) is 5.68. The number of benzene rings is 1. The van der Waals surface area contributed by atoms with Gasteiger partial charge in [-0.3, -0.25) is 0 Å². The van der Waals surface area contributed by atoms with E-state index in [-0.39, 0.29) is 6.10 Å². The summed E-state index contributed by atoms with van der Waals surface area (Å²) >= 11 is 6.05. The lowest BCUT2D eigenvalue weighted by Gasteiger charge is -2.22. The Morgan fingerprint density at radius 2 is 2.12 bits per heavy atom. The van der Waals surface area contributed by atoms with Gasteiger partial charge in [0.25, 0.3) is 0 Å². The number of halogens is 1.